The third-order valence-corrected chi connectivity index (χ3v) is 8.60. The predicted molar refractivity (Wildman–Crippen MR) is 177 cm³/mol. The fourth-order valence-electron chi connectivity index (χ4n) is 5.57. The van der Waals surface area contributed by atoms with Gasteiger partial charge in [0.1, 0.15) is 0 Å². The van der Waals surface area contributed by atoms with Crippen molar-refractivity contribution in [3.05, 3.63) is 24.3 Å². The van der Waals surface area contributed by atoms with Crippen molar-refractivity contribution in [2.75, 3.05) is 4.43 Å². The molecular weight excluding hydrogens is 579 g/mol. The van der Waals surface area contributed by atoms with Crippen molar-refractivity contribution in [3.8, 4) is 0 Å². The maximum Gasteiger partial charge on any atom is 0.163 e. The number of rotatable bonds is 27. The smallest absolute Gasteiger partial charge is 0.163 e. The number of hydrogen-bond donors (Lipinski definition) is 0. The van der Waals surface area contributed by atoms with Crippen LogP contribution in [0.3, 0.4) is 0 Å². The van der Waals surface area contributed by atoms with Crippen molar-refractivity contribution >= 4 is 22.6 Å². The first kappa shape index (κ1) is 36.2. The second-order valence-corrected chi connectivity index (χ2v) is 13.2. The molecule has 0 N–H and O–H groups in total. The van der Waals surface area contributed by atoms with Gasteiger partial charge in [-0.15, -0.1) is 0 Å². The monoisotopic (exact) mass is 644 g/mol. The van der Waals surface area contributed by atoms with Gasteiger partial charge in [-0.05, 0) is 69.6 Å². The van der Waals surface area contributed by atoms with Gasteiger partial charge in [0.2, 0.25) is 0 Å². The fraction of sp³-hybridized carbons (Fsp3) is 0.886. The van der Waals surface area contributed by atoms with Crippen LogP contribution in [0.5, 0.6) is 0 Å². The Morgan fingerprint density at radius 3 is 1.47 bits per heavy atom. The van der Waals surface area contributed by atoms with Crippen molar-refractivity contribution < 1.29 is 9.47 Å². The normalized spacial score (nSPS) is 19.4. The average Bonchev–Trinajstić information content (AvgIpc) is 3.20. The summed E-state index contributed by atoms with van der Waals surface area (Å²) >= 11 is 2.49. The SMILES string of the molecule is CCCCCCCCCCCC/C=C\CC/C=C\CC[C@@H]1OC(C)(C)O[C@H]1CCCCCCCCCCI. The molecule has 1 saturated heterocycles. The van der Waals surface area contributed by atoms with E-state index in [0.717, 1.165) is 25.7 Å². The van der Waals surface area contributed by atoms with E-state index in [-0.39, 0.29) is 12.2 Å². The first-order valence-electron chi connectivity index (χ1n) is 16.8. The van der Waals surface area contributed by atoms with Crippen LogP contribution in [0.2, 0.25) is 0 Å². The summed E-state index contributed by atoms with van der Waals surface area (Å²) in [6, 6.07) is 0. The molecule has 0 aromatic heterocycles. The van der Waals surface area contributed by atoms with Gasteiger partial charge in [-0.2, -0.15) is 0 Å². The van der Waals surface area contributed by atoms with Gasteiger partial charge >= 0.3 is 0 Å². The lowest BCUT2D eigenvalue weighted by Crippen LogP contribution is -2.22. The van der Waals surface area contributed by atoms with E-state index < -0.39 is 5.79 Å². The summed E-state index contributed by atoms with van der Waals surface area (Å²) < 4.78 is 13.8. The minimum Gasteiger partial charge on any atom is -0.345 e. The van der Waals surface area contributed by atoms with Crippen LogP contribution >= 0.6 is 22.6 Å². The molecule has 2 atom stereocenters. The van der Waals surface area contributed by atoms with Gasteiger partial charge in [0, 0.05) is 0 Å². The van der Waals surface area contributed by atoms with E-state index in [9.17, 15) is 0 Å². The topological polar surface area (TPSA) is 18.5 Å². The Kier molecular flexibility index (Phi) is 24.8. The molecule has 1 aliphatic rings. The van der Waals surface area contributed by atoms with E-state index in [1.807, 2.05) is 0 Å². The lowest BCUT2D eigenvalue weighted by atomic mass is 10.0. The summed E-state index contributed by atoms with van der Waals surface area (Å²) in [6.45, 7) is 6.45. The first-order chi connectivity index (χ1) is 18.6. The number of halogens is 1. The number of unbranched alkanes of at least 4 members (excludes halogenated alkanes) is 18. The summed E-state index contributed by atoms with van der Waals surface area (Å²) in [5, 5.41) is 0. The Bertz CT molecular complexity index is 556. The van der Waals surface area contributed by atoms with Crippen LogP contribution < -0.4 is 0 Å². The van der Waals surface area contributed by atoms with Gasteiger partial charge in [-0.3, -0.25) is 0 Å². The molecule has 1 rings (SSSR count). The molecule has 3 heteroatoms. The Morgan fingerprint density at radius 2 is 0.921 bits per heavy atom. The molecule has 0 aromatic carbocycles. The van der Waals surface area contributed by atoms with Gasteiger partial charge in [0.25, 0.3) is 0 Å². The Morgan fingerprint density at radius 1 is 0.500 bits per heavy atom. The van der Waals surface area contributed by atoms with Gasteiger partial charge in [-0.1, -0.05) is 157 Å². The zero-order valence-corrected chi connectivity index (χ0v) is 28.0. The lowest BCUT2D eigenvalue weighted by molar-refractivity contribution is -0.147. The molecule has 0 unspecified atom stereocenters. The maximum atomic E-state index is 6.26. The van der Waals surface area contributed by atoms with E-state index >= 15 is 0 Å². The summed E-state index contributed by atoms with van der Waals surface area (Å²) in [4.78, 5) is 0. The zero-order chi connectivity index (χ0) is 27.6. The molecule has 38 heavy (non-hydrogen) atoms. The molecule has 0 aromatic rings. The largest absolute Gasteiger partial charge is 0.345 e. The van der Waals surface area contributed by atoms with Crippen molar-refractivity contribution in [2.45, 2.75) is 193 Å². The molecule has 0 spiro atoms. The van der Waals surface area contributed by atoms with E-state index in [0.29, 0.717) is 0 Å². The molecule has 0 saturated carbocycles. The summed E-state index contributed by atoms with van der Waals surface area (Å²) in [7, 11) is 0. The summed E-state index contributed by atoms with van der Waals surface area (Å²) in [6.07, 6.45) is 42.2. The van der Waals surface area contributed by atoms with Crippen molar-refractivity contribution in [2.24, 2.45) is 0 Å². The first-order valence-corrected chi connectivity index (χ1v) is 18.3. The Balaban J connectivity index is 2.00. The standard InChI is InChI=1S/C35H65IO2/c1-4-5-6-7-8-9-10-11-12-13-14-15-16-17-18-21-24-27-30-33-34(38-35(2,3)37-33)31-28-25-22-19-20-23-26-29-32-36/h15-16,21,24,33-34H,4-14,17-20,22-23,25-32H2,1-3H3/b16-15-,24-21-/t33-,34-/m0/s1. The number of ether oxygens (including phenoxy) is 2. The molecule has 1 fully saturated rings. The molecule has 224 valence electrons. The highest BCUT2D eigenvalue weighted by atomic mass is 127. The maximum absolute atomic E-state index is 6.26. The third-order valence-electron chi connectivity index (χ3n) is 7.83. The van der Waals surface area contributed by atoms with Crippen molar-refractivity contribution in [1.29, 1.82) is 0 Å². The van der Waals surface area contributed by atoms with Crippen molar-refractivity contribution in [1.82, 2.24) is 0 Å². The van der Waals surface area contributed by atoms with E-state index in [4.69, 9.17) is 9.47 Å². The zero-order valence-electron chi connectivity index (χ0n) is 25.8. The highest BCUT2D eigenvalue weighted by molar-refractivity contribution is 14.1. The summed E-state index contributed by atoms with van der Waals surface area (Å²) in [5.41, 5.74) is 0. The lowest BCUT2D eigenvalue weighted by Gasteiger charge is -2.16. The van der Waals surface area contributed by atoms with Crippen LogP contribution in [-0.2, 0) is 9.47 Å². The Hall–Kier alpha value is 0.130. The molecule has 1 aliphatic heterocycles. The molecule has 0 amide bonds. The average molecular weight is 645 g/mol. The predicted octanol–water partition coefficient (Wildman–Crippen LogP) is 12.4. The van der Waals surface area contributed by atoms with Gasteiger partial charge in [-0.25, -0.2) is 0 Å². The van der Waals surface area contributed by atoms with Crippen LogP contribution in [0, 0.1) is 0 Å². The molecule has 1 heterocycles. The highest BCUT2D eigenvalue weighted by Crippen LogP contribution is 2.33. The second kappa shape index (κ2) is 26.1. The van der Waals surface area contributed by atoms with Crippen LogP contribution in [0.25, 0.3) is 0 Å². The summed E-state index contributed by atoms with van der Waals surface area (Å²) in [5.74, 6) is -0.420. The minimum atomic E-state index is -0.420. The van der Waals surface area contributed by atoms with E-state index in [1.54, 1.807) is 0 Å². The van der Waals surface area contributed by atoms with E-state index in [2.05, 4.69) is 67.7 Å². The van der Waals surface area contributed by atoms with Crippen molar-refractivity contribution in [3.63, 3.8) is 0 Å². The third kappa shape index (κ3) is 21.9. The van der Waals surface area contributed by atoms with Gasteiger partial charge in [0.05, 0.1) is 12.2 Å². The molecule has 0 radical (unpaired) electrons. The minimum absolute atomic E-state index is 0.254. The highest BCUT2D eigenvalue weighted by Gasteiger charge is 2.40. The van der Waals surface area contributed by atoms with Crippen LogP contribution in [0.1, 0.15) is 175 Å². The van der Waals surface area contributed by atoms with Gasteiger partial charge < -0.3 is 9.47 Å². The van der Waals surface area contributed by atoms with E-state index in [1.165, 1.54) is 133 Å². The Labute approximate surface area is 252 Å². The van der Waals surface area contributed by atoms with Crippen LogP contribution in [-0.4, -0.2) is 22.4 Å². The number of hydrogen-bond acceptors (Lipinski definition) is 2. The molecule has 2 nitrogen and oxygen atoms in total. The quantitative estimate of drug-likeness (QED) is 0.0383. The fourth-order valence-corrected chi connectivity index (χ4v) is 6.11. The van der Waals surface area contributed by atoms with Gasteiger partial charge in [0.15, 0.2) is 5.79 Å². The van der Waals surface area contributed by atoms with Crippen LogP contribution in [0.4, 0.5) is 0 Å². The number of allylic oxidation sites excluding steroid dienone is 4. The molecule has 0 aliphatic carbocycles. The van der Waals surface area contributed by atoms with Crippen LogP contribution in [0.15, 0.2) is 24.3 Å². The second-order valence-electron chi connectivity index (χ2n) is 12.1. The number of alkyl halides is 1. The molecule has 0 bridgehead atoms. The molecular formula is C35H65IO2.